The smallest absolute Gasteiger partial charge is 0.343 e. The van der Waals surface area contributed by atoms with Crippen molar-refractivity contribution in [1.29, 1.82) is 0 Å². The van der Waals surface area contributed by atoms with E-state index in [0.717, 1.165) is 6.42 Å². The minimum absolute atomic E-state index is 0. The number of rotatable bonds is 3. The molecule has 7 nitrogen and oxygen atoms in total. The third kappa shape index (κ3) is 3.95. The van der Waals surface area contributed by atoms with Crippen LogP contribution in [0.3, 0.4) is 0 Å². The van der Waals surface area contributed by atoms with Gasteiger partial charge in [-0.1, -0.05) is 27.7 Å². The number of carbonyl (C=O) groups excluding carboxylic acids is 1. The maximum Gasteiger partial charge on any atom is 0.343 e. The number of anilines is 1. The number of hydrogen-bond acceptors (Lipinski definition) is 6. The van der Waals surface area contributed by atoms with Gasteiger partial charge in [-0.25, -0.2) is 14.5 Å². The Morgan fingerprint density at radius 3 is 2.69 bits per heavy atom. The van der Waals surface area contributed by atoms with Gasteiger partial charge in [-0.05, 0) is 37.8 Å². The first kappa shape index (κ1) is 21.5. The van der Waals surface area contributed by atoms with E-state index in [1.54, 1.807) is 16.8 Å². The van der Waals surface area contributed by atoms with Crippen LogP contribution in [-0.4, -0.2) is 39.1 Å². The number of hydrogen-bond donors (Lipinski definition) is 0. The van der Waals surface area contributed by atoms with E-state index < -0.39 is 0 Å². The van der Waals surface area contributed by atoms with Crippen LogP contribution in [0.2, 0.25) is 0 Å². The van der Waals surface area contributed by atoms with Crippen LogP contribution in [0.4, 0.5) is 5.82 Å². The fraction of sp³-hybridized carbons (Fsp3) is 0.571. The highest BCUT2D eigenvalue weighted by atomic mass is 32.1. The van der Waals surface area contributed by atoms with Gasteiger partial charge in [-0.3, -0.25) is 0 Å². The minimum Gasteiger partial charge on any atom is -0.476 e. The lowest BCUT2D eigenvalue weighted by Crippen LogP contribution is -2.49. The van der Waals surface area contributed by atoms with Crippen molar-refractivity contribution >= 4 is 25.3 Å². The van der Waals surface area contributed by atoms with Crippen LogP contribution < -0.4 is 9.64 Å². The van der Waals surface area contributed by atoms with Crippen molar-refractivity contribution in [3.63, 3.8) is 0 Å². The monoisotopic (exact) mass is 418 g/mol. The van der Waals surface area contributed by atoms with Crippen LogP contribution >= 0.6 is 13.5 Å². The molecule has 2 aliphatic rings. The molecule has 0 aliphatic carbocycles. The Bertz CT molecular complexity index is 919. The van der Waals surface area contributed by atoms with Crippen LogP contribution in [0.1, 0.15) is 58.3 Å². The van der Waals surface area contributed by atoms with Gasteiger partial charge in [0.2, 0.25) is 5.88 Å². The average molecular weight is 419 g/mol. The van der Waals surface area contributed by atoms with E-state index in [9.17, 15) is 4.79 Å². The molecule has 4 rings (SSSR count). The van der Waals surface area contributed by atoms with Gasteiger partial charge in [-0.2, -0.15) is 13.5 Å². The molecular formula is C21H30N4O3S. The minimum atomic E-state index is -0.311. The molecular weight excluding hydrogens is 388 g/mol. The molecule has 2 atom stereocenters. The van der Waals surface area contributed by atoms with E-state index in [1.165, 1.54) is 0 Å². The molecule has 0 spiro atoms. The van der Waals surface area contributed by atoms with Gasteiger partial charge >= 0.3 is 5.97 Å². The molecule has 0 bridgehead atoms. The summed E-state index contributed by atoms with van der Waals surface area (Å²) in [5.41, 5.74) is 0.413. The molecule has 1 unspecified atom stereocenters. The number of pyridine rings is 1. The van der Waals surface area contributed by atoms with Gasteiger partial charge in [0.15, 0.2) is 12.0 Å². The van der Waals surface area contributed by atoms with Crippen molar-refractivity contribution in [3.05, 3.63) is 30.0 Å². The van der Waals surface area contributed by atoms with Gasteiger partial charge in [0.25, 0.3) is 0 Å². The zero-order chi connectivity index (χ0) is 20.3. The summed E-state index contributed by atoms with van der Waals surface area (Å²) < 4.78 is 13.2. The molecule has 0 radical (unpaired) electrons. The molecule has 2 aromatic rings. The number of carbonyl (C=O) groups is 1. The quantitative estimate of drug-likeness (QED) is 0.704. The summed E-state index contributed by atoms with van der Waals surface area (Å²) in [5.74, 6) is 1.81. The molecule has 8 heteroatoms. The lowest BCUT2D eigenvalue weighted by molar-refractivity contribution is 0.0185. The number of ether oxygens (including phenoxy) is 2. The highest BCUT2D eigenvalue weighted by Crippen LogP contribution is 2.45. The largest absolute Gasteiger partial charge is 0.476 e. The summed E-state index contributed by atoms with van der Waals surface area (Å²) in [7, 11) is 0. The van der Waals surface area contributed by atoms with Crippen LogP contribution in [0.25, 0.3) is 5.82 Å². The molecule has 0 aromatic carbocycles. The fourth-order valence-corrected chi connectivity index (χ4v) is 4.05. The van der Waals surface area contributed by atoms with E-state index in [0.29, 0.717) is 29.7 Å². The lowest BCUT2D eigenvalue weighted by Gasteiger charge is -2.40. The summed E-state index contributed by atoms with van der Waals surface area (Å²) >= 11 is 0. The van der Waals surface area contributed by atoms with Crippen molar-refractivity contribution in [2.75, 3.05) is 11.5 Å². The molecule has 29 heavy (non-hydrogen) atoms. The third-order valence-corrected chi connectivity index (χ3v) is 5.20. The maximum absolute atomic E-state index is 12.5. The van der Waals surface area contributed by atoms with Gasteiger partial charge in [0, 0.05) is 23.7 Å². The first-order chi connectivity index (χ1) is 13.0. The van der Waals surface area contributed by atoms with E-state index in [4.69, 9.17) is 14.5 Å². The first-order valence-corrected chi connectivity index (χ1v) is 9.75. The molecule has 158 valence electrons. The summed E-state index contributed by atoms with van der Waals surface area (Å²) in [4.78, 5) is 19.4. The summed E-state index contributed by atoms with van der Waals surface area (Å²) in [6.07, 6.45) is 2.48. The zero-order valence-electron chi connectivity index (χ0n) is 17.9. The number of aromatic nitrogens is 3. The maximum atomic E-state index is 12.5. The topological polar surface area (TPSA) is 69.5 Å². The second kappa shape index (κ2) is 7.23. The molecule has 2 aromatic heterocycles. The Morgan fingerprint density at radius 1 is 1.28 bits per heavy atom. The Morgan fingerprint density at radius 2 is 2.00 bits per heavy atom. The highest BCUT2D eigenvalue weighted by Gasteiger charge is 2.50. The molecule has 1 saturated heterocycles. The molecule has 0 amide bonds. The van der Waals surface area contributed by atoms with Crippen molar-refractivity contribution in [3.8, 4) is 11.7 Å². The number of nitrogens with zero attached hydrogens (tertiary/aromatic N) is 4. The SMILES string of the molecule is C[C@H]1CC(C)(C)N2c3nc(-n4ccc(OCC(C)(C)C)n4)ccc3C(=O)OC12.S. The van der Waals surface area contributed by atoms with Gasteiger partial charge < -0.3 is 14.4 Å². The molecule has 2 aliphatic heterocycles. The Hall–Kier alpha value is -2.22. The Labute approximate surface area is 178 Å². The number of fused-ring (bicyclic) bond motifs is 3. The lowest BCUT2D eigenvalue weighted by atomic mass is 9.97. The van der Waals surface area contributed by atoms with Crippen LogP contribution in [0.5, 0.6) is 5.88 Å². The standard InChI is InChI=1S/C21H28N4O3.H2S/c1-13-11-21(5,6)25-17-14(19(26)28-18(13)25)7-8-15(22-17)24-10-9-16(23-24)27-12-20(2,3)4;/h7-10,13,18H,11-12H2,1-6H3;1H2/t13-,18?;/m0./s1. The fourth-order valence-electron chi connectivity index (χ4n) is 4.05. The Balaban J connectivity index is 0.00000240. The van der Waals surface area contributed by atoms with Crippen LogP contribution in [0, 0.1) is 11.3 Å². The summed E-state index contributed by atoms with van der Waals surface area (Å²) in [5, 5.41) is 4.49. The molecule has 0 N–H and O–H groups in total. The van der Waals surface area contributed by atoms with E-state index in [1.807, 2.05) is 12.3 Å². The predicted molar refractivity (Wildman–Crippen MR) is 116 cm³/mol. The van der Waals surface area contributed by atoms with Gasteiger partial charge in [-0.15, -0.1) is 5.10 Å². The van der Waals surface area contributed by atoms with Crippen molar-refractivity contribution in [2.24, 2.45) is 11.3 Å². The second-order valence-corrected chi connectivity index (χ2v) is 9.65. The zero-order valence-corrected chi connectivity index (χ0v) is 18.9. The van der Waals surface area contributed by atoms with Gasteiger partial charge in [0.05, 0.1) is 6.61 Å². The van der Waals surface area contributed by atoms with Gasteiger partial charge in [0.1, 0.15) is 11.4 Å². The number of esters is 1. The normalized spacial score (nSPS) is 22.4. The van der Waals surface area contributed by atoms with E-state index in [2.05, 4.69) is 51.5 Å². The van der Waals surface area contributed by atoms with E-state index in [-0.39, 0.29) is 42.6 Å². The van der Waals surface area contributed by atoms with E-state index >= 15 is 0 Å². The average Bonchev–Trinajstić information content (AvgIpc) is 3.15. The Kier molecular flexibility index (Phi) is 5.36. The van der Waals surface area contributed by atoms with Crippen LogP contribution in [-0.2, 0) is 4.74 Å². The summed E-state index contributed by atoms with van der Waals surface area (Å²) in [6.45, 7) is 13.4. The first-order valence-electron chi connectivity index (χ1n) is 9.75. The van der Waals surface area contributed by atoms with Crippen molar-refractivity contribution in [2.45, 2.75) is 59.7 Å². The summed E-state index contributed by atoms with van der Waals surface area (Å²) in [6, 6.07) is 5.38. The van der Waals surface area contributed by atoms with Crippen molar-refractivity contribution in [1.82, 2.24) is 14.8 Å². The third-order valence-electron chi connectivity index (χ3n) is 5.20. The van der Waals surface area contributed by atoms with Crippen LogP contribution in [0.15, 0.2) is 24.4 Å². The second-order valence-electron chi connectivity index (χ2n) is 9.65. The predicted octanol–water partition coefficient (Wildman–Crippen LogP) is 3.93. The van der Waals surface area contributed by atoms with Crippen molar-refractivity contribution < 1.29 is 14.3 Å². The molecule has 1 fully saturated rings. The molecule has 0 saturated carbocycles. The molecule has 4 heterocycles. The highest BCUT2D eigenvalue weighted by molar-refractivity contribution is 7.59.